The minimum atomic E-state index is -4.43. The van der Waals surface area contributed by atoms with E-state index in [0.717, 1.165) is 32.1 Å². The van der Waals surface area contributed by atoms with Gasteiger partial charge in [-0.1, -0.05) is 55.3 Å². The summed E-state index contributed by atoms with van der Waals surface area (Å²) in [7, 11) is -2.93. The van der Waals surface area contributed by atoms with E-state index >= 15 is 0 Å². The average Bonchev–Trinajstić information content (AvgIpc) is 3.03. The molecule has 1 amide bonds. The standard InChI is InChI=1S/C28H31Cl2NO6S/c1-37-27-12-8-21(29)15-20(27)14-19-7-9-22(32)17-31(28(19)34)38(35,36)23-10-11-25(30)24(16-23)26(33)13-18-5-3-2-4-6-18/h8,10-12,15-16,18-19H,2-7,9,13-14,17H2,1H3. The van der Waals surface area contributed by atoms with Gasteiger partial charge in [0.1, 0.15) is 5.75 Å². The fourth-order valence-corrected chi connectivity index (χ4v) is 7.19. The highest BCUT2D eigenvalue weighted by Crippen LogP contribution is 2.33. The highest BCUT2D eigenvalue weighted by molar-refractivity contribution is 7.89. The van der Waals surface area contributed by atoms with Gasteiger partial charge >= 0.3 is 0 Å². The molecule has 2 fully saturated rings. The van der Waals surface area contributed by atoms with Crippen molar-refractivity contribution in [1.29, 1.82) is 0 Å². The van der Waals surface area contributed by atoms with E-state index in [1.165, 1.54) is 25.3 Å². The summed E-state index contributed by atoms with van der Waals surface area (Å²) in [6.45, 7) is -0.557. The van der Waals surface area contributed by atoms with Gasteiger partial charge in [0.25, 0.3) is 10.0 Å². The van der Waals surface area contributed by atoms with E-state index in [1.54, 1.807) is 18.2 Å². The van der Waals surface area contributed by atoms with Crippen LogP contribution in [-0.4, -0.2) is 43.9 Å². The summed E-state index contributed by atoms with van der Waals surface area (Å²) in [6.07, 6.45) is 5.96. The summed E-state index contributed by atoms with van der Waals surface area (Å²) in [6, 6.07) is 8.88. The van der Waals surface area contributed by atoms with Gasteiger partial charge < -0.3 is 4.74 Å². The second-order valence-corrected chi connectivity index (χ2v) is 12.8. The molecule has 2 aromatic carbocycles. The van der Waals surface area contributed by atoms with Crippen LogP contribution in [0.2, 0.25) is 10.0 Å². The summed E-state index contributed by atoms with van der Waals surface area (Å²) in [5.74, 6) is -1.26. The number of hydrogen-bond donors (Lipinski definition) is 0. The molecule has 2 aliphatic rings. The molecule has 1 saturated heterocycles. The number of sulfonamides is 1. The normalized spacial score (nSPS) is 19.3. The lowest BCUT2D eigenvalue weighted by molar-refractivity contribution is -0.131. The molecule has 0 spiro atoms. The zero-order chi connectivity index (χ0) is 27.4. The zero-order valence-electron chi connectivity index (χ0n) is 21.3. The van der Waals surface area contributed by atoms with Gasteiger partial charge in [-0.25, -0.2) is 12.7 Å². The quantitative estimate of drug-likeness (QED) is 0.361. The lowest BCUT2D eigenvalue weighted by Gasteiger charge is -2.24. The minimum Gasteiger partial charge on any atom is -0.496 e. The Hall–Kier alpha value is -2.42. The molecule has 0 radical (unpaired) electrons. The summed E-state index contributed by atoms with van der Waals surface area (Å²) in [5, 5.41) is 0.614. The molecule has 1 saturated carbocycles. The second kappa shape index (κ2) is 12.2. The maximum absolute atomic E-state index is 13.7. The van der Waals surface area contributed by atoms with Crippen molar-refractivity contribution in [2.45, 2.75) is 62.7 Å². The van der Waals surface area contributed by atoms with E-state index in [-0.39, 0.29) is 52.2 Å². The van der Waals surface area contributed by atoms with Gasteiger partial charge in [-0.15, -0.1) is 0 Å². The summed E-state index contributed by atoms with van der Waals surface area (Å²) in [5.41, 5.74) is 0.763. The number of ether oxygens (including phenoxy) is 1. The van der Waals surface area contributed by atoms with Crippen LogP contribution in [0.4, 0.5) is 0 Å². The third-order valence-electron chi connectivity index (χ3n) is 7.42. The Morgan fingerprint density at radius 1 is 1.03 bits per heavy atom. The summed E-state index contributed by atoms with van der Waals surface area (Å²) < 4.78 is 33.4. The zero-order valence-corrected chi connectivity index (χ0v) is 23.6. The first-order chi connectivity index (χ1) is 18.1. The van der Waals surface area contributed by atoms with Crippen LogP contribution in [0.15, 0.2) is 41.3 Å². The highest BCUT2D eigenvalue weighted by Gasteiger charge is 2.38. The summed E-state index contributed by atoms with van der Waals surface area (Å²) >= 11 is 12.4. The molecule has 1 atom stereocenters. The number of rotatable bonds is 8. The van der Waals surface area contributed by atoms with Crippen molar-refractivity contribution in [3.05, 3.63) is 57.6 Å². The predicted octanol–water partition coefficient (Wildman–Crippen LogP) is 5.89. The molecule has 38 heavy (non-hydrogen) atoms. The van der Waals surface area contributed by atoms with E-state index in [2.05, 4.69) is 0 Å². The van der Waals surface area contributed by atoms with Crippen molar-refractivity contribution in [3.63, 3.8) is 0 Å². The molecule has 7 nitrogen and oxygen atoms in total. The number of nitrogens with zero attached hydrogens (tertiary/aromatic N) is 1. The van der Waals surface area contributed by atoms with Gasteiger partial charge in [0.05, 0.1) is 23.6 Å². The number of benzene rings is 2. The van der Waals surface area contributed by atoms with Gasteiger partial charge in [0.2, 0.25) is 5.91 Å². The predicted molar refractivity (Wildman–Crippen MR) is 145 cm³/mol. The van der Waals surface area contributed by atoms with Crippen LogP contribution in [-0.2, 0) is 26.0 Å². The molecule has 1 aliphatic heterocycles. The van der Waals surface area contributed by atoms with E-state index in [0.29, 0.717) is 27.1 Å². The fraction of sp³-hybridized carbons (Fsp3) is 0.464. The van der Waals surface area contributed by atoms with Crippen LogP contribution < -0.4 is 4.74 Å². The largest absolute Gasteiger partial charge is 0.496 e. The molecular formula is C28H31Cl2NO6S. The van der Waals surface area contributed by atoms with E-state index in [9.17, 15) is 22.8 Å². The van der Waals surface area contributed by atoms with Crippen molar-refractivity contribution in [3.8, 4) is 5.75 Å². The third-order valence-corrected chi connectivity index (χ3v) is 9.72. The van der Waals surface area contributed by atoms with E-state index in [4.69, 9.17) is 27.9 Å². The second-order valence-electron chi connectivity index (χ2n) is 10.1. The maximum atomic E-state index is 13.7. The van der Waals surface area contributed by atoms with Gasteiger partial charge in [-0.05, 0) is 60.7 Å². The molecule has 1 aliphatic carbocycles. The minimum absolute atomic E-state index is 0.0665. The third kappa shape index (κ3) is 6.41. The van der Waals surface area contributed by atoms with Crippen LogP contribution in [0.1, 0.15) is 67.3 Å². The van der Waals surface area contributed by atoms with Gasteiger partial charge in [-0.2, -0.15) is 0 Å². The first-order valence-electron chi connectivity index (χ1n) is 12.8. The number of carbonyl (C=O) groups is 3. The molecule has 0 aromatic heterocycles. The number of carbonyl (C=O) groups excluding carboxylic acids is 3. The van der Waals surface area contributed by atoms with Crippen LogP contribution in [0, 0.1) is 11.8 Å². The molecule has 204 valence electrons. The first kappa shape index (κ1) is 28.6. The molecule has 0 bridgehead atoms. The lowest BCUT2D eigenvalue weighted by Crippen LogP contribution is -2.42. The van der Waals surface area contributed by atoms with Crippen LogP contribution in [0.5, 0.6) is 5.75 Å². The number of amides is 1. The number of halogens is 2. The maximum Gasteiger partial charge on any atom is 0.266 e. The fourth-order valence-electron chi connectivity index (χ4n) is 5.31. The van der Waals surface area contributed by atoms with Gasteiger partial charge in [0.15, 0.2) is 11.6 Å². The highest BCUT2D eigenvalue weighted by atomic mass is 35.5. The van der Waals surface area contributed by atoms with Crippen molar-refractivity contribution in [1.82, 2.24) is 4.31 Å². The summed E-state index contributed by atoms with van der Waals surface area (Å²) in [4.78, 5) is 39.0. The average molecular weight is 581 g/mol. The Balaban J connectivity index is 1.62. The molecule has 10 heteroatoms. The number of methoxy groups -OCH3 is 1. The van der Waals surface area contributed by atoms with Crippen LogP contribution in [0.25, 0.3) is 0 Å². The lowest BCUT2D eigenvalue weighted by atomic mass is 9.85. The van der Waals surface area contributed by atoms with Crippen molar-refractivity contribution < 1.29 is 27.5 Å². The number of hydrogen-bond acceptors (Lipinski definition) is 6. The molecule has 0 N–H and O–H groups in total. The van der Waals surface area contributed by atoms with Crippen LogP contribution >= 0.6 is 23.2 Å². The Morgan fingerprint density at radius 3 is 2.47 bits per heavy atom. The van der Waals surface area contributed by atoms with Crippen molar-refractivity contribution in [2.24, 2.45) is 11.8 Å². The van der Waals surface area contributed by atoms with E-state index < -0.39 is 28.4 Å². The Labute approximate surface area is 233 Å². The topological polar surface area (TPSA) is 97.8 Å². The number of ketones is 2. The smallest absolute Gasteiger partial charge is 0.266 e. The van der Waals surface area contributed by atoms with Crippen molar-refractivity contribution >= 4 is 50.7 Å². The monoisotopic (exact) mass is 579 g/mol. The first-order valence-corrected chi connectivity index (χ1v) is 15.0. The van der Waals surface area contributed by atoms with E-state index in [1.807, 2.05) is 0 Å². The van der Waals surface area contributed by atoms with Crippen molar-refractivity contribution in [2.75, 3.05) is 13.7 Å². The Bertz CT molecular complexity index is 1340. The van der Waals surface area contributed by atoms with Crippen LogP contribution in [0.3, 0.4) is 0 Å². The van der Waals surface area contributed by atoms with Gasteiger partial charge in [-0.3, -0.25) is 14.4 Å². The molecular weight excluding hydrogens is 549 g/mol. The van der Waals surface area contributed by atoms with Gasteiger partial charge in [0, 0.05) is 29.3 Å². The Kier molecular flexibility index (Phi) is 9.16. The Morgan fingerprint density at radius 2 is 1.76 bits per heavy atom. The molecule has 4 rings (SSSR count). The SMILES string of the molecule is COc1ccc(Cl)cc1CC1CCC(=O)CN(S(=O)(=O)c2ccc(Cl)c(C(=O)CC3CCCCC3)c2)C1=O. The molecule has 2 aromatic rings. The molecule has 1 heterocycles. The number of Topliss-reactive ketones (excluding diaryl/α,β-unsaturated/α-hetero) is 2. The molecule has 1 unspecified atom stereocenters.